The summed E-state index contributed by atoms with van der Waals surface area (Å²) >= 11 is 0. The molecule has 100 valence electrons. The third-order valence-corrected chi connectivity index (χ3v) is 3.63. The second-order valence-electron chi connectivity index (χ2n) is 5.07. The normalized spacial score (nSPS) is 23.5. The van der Waals surface area contributed by atoms with Gasteiger partial charge >= 0.3 is 0 Å². The quantitative estimate of drug-likeness (QED) is 0.902. The van der Waals surface area contributed by atoms with Gasteiger partial charge in [-0.25, -0.2) is 4.39 Å². The number of nitrogens with two attached hydrogens (primary N) is 1. The van der Waals surface area contributed by atoms with Crippen molar-refractivity contribution in [1.82, 2.24) is 10.2 Å². The van der Waals surface area contributed by atoms with Crippen molar-refractivity contribution in [3.8, 4) is 11.5 Å². The van der Waals surface area contributed by atoms with E-state index in [-0.39, 0.29) is 11.7 Å². The number of hydrogen-bond donors (Lipinski definition) is 1. The van der Waals surface area contributed by atoms with E-state index in [1.807, 2.05) is 0 Å². The van der Waals surface area contributed by atoms with Crippen molar-refractivity contribution in [2.45, 2.75) is 37.6 Å². The van der Waals surface area contributed by atoms with Gasteiger partial charge in [0.2, 0.25) is 11.8 Å². The van der Waals surface area contributed by atoms with E-state index >= 15 is 0 Å². The zero-order valence-electron chi connectivity index (χ0n) is 10.6. The van der Waals surface area contributed by atoms with Crippen LogP contribution in [-0.4, -0.2) is 16.2 Å². The molecule has 1 heterocycles. The molecule has 1 saturated carbocycles. The molecule has 4 nitrogen and oxygen atoms in total. The van der Waals surface area contributed by atoms with Crippen molar-refractivity contribution in [2.24, 2.45) is 5.73 Å². The van der Waals surface area contributed by atoms with Crippen LogP contribution < -0.4 is 5.73 Å². The summed E-state index contributed by atoms with van der Waals surface area (Å²) in [7, 11) is 0. The minimum atomic E-state index is -0.305. The molecular weight excluding hydrogens is 245 g/mol. The van der Waals surface area contributed by atoms with Crippen molar-refractivity contribution < 1.29 is 8.81 Å². The van der Waals surface area contributed by atoms with Gasteiger partial charge in [-0.15, -0.1) is 10.2 Å². The molecule has 0 bridgehead atoms. The Hall–Kier alpha value is -1.75. The van der Waals surface area contributed by atoms with E-state index in [2.05, 4.69) is 10.2 Å². The van der Waals surface area contributed by atoms with E-state index in [1.165, 1.54) is 12.1 Å². The fourth-order valence-electron chi connectivity index (χ4n) is 2.50. The summed E-state index contributed by atoms with van der Waals surface area (Å²) in [6, 6.07) is 6.48. The molecule has 0 aliphatic heterocycles. The molecule has 1 aliphatic carbocycles. The monoisotopic (exact) mass is 261 g/mol. The molecule has 5 heteroatoms. The van der Waals surface area contributed by atoms with Gasteiger partial charge in [0.15, 0.2) is 0 Å². The van der Waals surface area contributed by atoms with Crippen LogP contribution in [0.25, 0.3) is 11.5 Å². The smallest absolute Gasteiger partial charge is 0.247 e. The number of aromatic nitrogens is 2. The van der Waals surface area contributed by atoms with Gasteiger partial charge in [-0.1, -0.05) is 6.07 Å². The van der Waals surface area contributed by atoms with Gasteiger partial charge in [0, 0.05) is 17.5 Å². The number of rotatable bonds is 2. The fraction of sp³-hybridized carbons (Fsp3) is 0.429. The highest BCUT2D eigenvalue weighted by Gasteiger charge is 2.24. The van der Waals surface area contributed by atoms with E-state index in [9.17, 15) is 4.39 Å². The van der Waals surface area contributed by atoms with Gasteiger partial charge in [-0.3, -0.25) is 0 Å². The van der Waals surface area contributed by atoms with Crippen LogP contribution >= 0.6 is 0 Å². The number of nitrogens with zero attached hydrogens (tertiary/aromatic N) is 2. The van der Waals surface area contributed by atoms with E-state index in [1.54, 1.807) is 12.1 Å². The lowest BCUT2D eigenvalue weighted by atomic mass is 9.86. The second-order valence-corrected chi connectivity index (χ2v) is 5.07. The first-order valence-corrected chi connectivity index (χ1v) is 6.57. The van der Waals surface area contributed by atoms with Crippen LogP contribution in [0.2, 0.25) is 0 Å². The third-order valence-electron chi connectivity index (χ3n) is 3.63. The zero-order chi connectivity index (χ0) is 13.2. The Balaban J connectivity index is 1.80. The fourth-order valence-corrected chi connectivity index (χ4v) is 2.50. The van der Waals surface area contributed by atoms with Crippen LogP contribution in [-0.2, 0) is 0 Å². The first-order chi connectivity index (χ1) is 9.22. The van der Waals surface area contributed by atoms with Crippen molar-refractivity contribution in [2.75, 3.05) is 0 Å². The lowest BCUT2D eigenvalue weighted by molar-refractivity contribution is 0.341. The Morgan fingerprint density at radius 2 is 1.95 bits per heavy atom. The molecule has 3 rings (SSSR count). The van der Waals surface area contributed by atoms with Gasteiger partial charge in [0.05, 0.1) is 0 Å². The Kier molecular flexibility index (Phi) is 3.29. The summed E-state index contributed by atoms with van der Waals surface area (Å²) < 4.78 is 18.8. The summed E-state index contributed by atoms with van der Waals surface area (Å²) in [5.74, 6) is 1.01. The Bertz CT molecular complexity index is 561. The molecule has 2 N–H and O–H groups in total. The van der Waals surface area contributed by atoms with Crippen molar-refractivity contribution in [3.63, 3.8) is 0 Å². The summed E-state index contributed by atoms with van der Waals surface area (Å²) in [6.45, 7) is 0. The summed E-state index contributed by atoms with van der Waals surface area (Å²) in [5, 5.41) is 8.10. The van der Waals surface area contributed by atoms with Crippen LogP contribution in [0.4, 0.5) is 4.39 Å². The van der Waals surface area contributed by atoms with Crippen LogP contribution in [0.1, 0.15) is 37.5 Å². The topological polar surface area (TPSA) is 64.9 Å². The molecule has 1 aromatic heterocycles. The molecule has 19 heavy (non-hydrogen) atoms. The van der Waals surface area contributed by atoms with E-state index < -0.39 is 0 Å². The molecule has 1 aliphatic rings. The highest BCUT2D eigenvalue weighted by Crippen LogP contribution is 2.32. The maximum atomic E-state index is 13.2. The zero-order valence-corrected chi connectivity index (χ0v) is 10.6. The van der Waals surface area contributed by atoms with Crippen LogP contribution in [0.5, 0.6) is 0 Å². The Morgan fingerprint density at radius 1 is 1.16 bits per heavy atom. The molecular formula is C14H16FN3O. The minimum absolute atomic E-state index is 0.287. The van der Waals surface area contributed by atoms with Gasteiger partial charge in [0.1, 0.15) is 5.82 Å². The van der Waals surface area contributed by atoms with Crippen molar-refractivity contribution >= 4 is 0 Å². The minimum Gasteiger partial charge on any atom is -0.420 e. The lowest BCUT2D eigenvalue weighted by Crippen LogP contribution is -2.25. The van der Waals surface area contributed by atoms with Crippen LogP contribution in [0.15, 0.2) is 28.7 Å². The summed E-state index contributed by atoms with van der Waals surface area (Å²) in [6.07, 6.45) is 3.93. The van der Waals surface area contributed by atoms with E-state index in [4.69, 9.17) is 10.2 Å². The first-order valence-electron chi connectivity index (χ1n) is 6.57. The highest BCUT2D eigenvalue weighted by molar-refractivity contribution is 5.52. The molecule has 2 aromatic rings. The van der Waals surface area contributed by atoms with E-state index in [0.717, 1.165) is 25.7 Å². The molecule has 0 atom stereocenters. The highest BCUT2D eigenvalue weighted by atomic mass is 19.1. The molecule has 0 saturated heterocycles. The average Bonchev–Trinajstić information content (AvgIpc) is 2.89. The number of hydrogen-bond acceptors (Lipinski definition) is 4. The van der Waals surface area contributed by atoms with Gasteiger partial charge < -0.3 is 10.2 Å². The van der Waals surface area contributed by atoms with E-state index in [0.29, 0.717) is 23.4 Å². The third kappa shape index (κ3) is 2.66. The molecule has 0 amide bonds. The predicted molar refractivity (Wildman–Crippen MR) is 68.9 cm³/mol. The molecule has 0 spiro atoms. The molecule has 0 unspecified atom stereocenters. The lowest BCUT2D eigenvalue weighted by Gasteiger charge is -2.23. The van der Waals surface area contributed by atoms with Gasteiger partial charge in [-0.05, 0) is 43.9 Å². The second kappa shape index (κ2) is 5.09. The maximum Gasteiger partial charge on any atom is 0.247 e. The maximum absolute atomic E-state index is 13.2. The molecule has 0 radical (unpaired) electrons. The molecule has 1 fully saturated rings. The largest absolute Gasteiger partial charge is 0.420 e. The summed E-state index contributed by atoms with van der Waals surface area (Å²) in [5.41, 5.74) is 6.50. The van der Waals surface area contributed by atoms with Crippen LogP contribution in [0, 0.1) is 5.82 Å². The molecule has 1 aromatic carbocycles. The summed E-state index contributed by atoms with van der Waals surface area (Å²) in [4.78, 5) is 0. The SMILES string of the molecule is N[C@H]1CC[C@H](c2nnc(-c3cccc(F)c3)o2)CC1. The standard InChI is InChI=1S/C14H16FN3O/c15-11-3-1-2-10(8-11)14-18-17-13(19-14)9-4-6-12(16)7-5-9/h1-3,8-9,12H,4-7,16H2/t9-,12-. The number of benzene rings is 1. The average molecular weight is 261 g/mol. The van der Waals surface area contributed by atoms with Crippen molar-refractivity contribution in [3.05, 3.63) is 36.0 Å². The Labute approximate surface area is 110 Å². The number of halogens is 1. The van der Waals surface area contributed by atoms with Gasteiger partial charge in [0.25, 0.3) is 0 Å². The van der Waals surface area contributed by atoms with Crippen LogP contribution in [0.3, 0.4) is 0 Å². The van der Waals surface area contributed by atoms with Crippen molar-refractivity contribution in [1.29, 1.82) is 0 Å². The first kappa shape index (κ1) is 12.3. The predicted octanol–water partition coefficient (Wildman–Crippen LogP) is 2.86. The van der Waals surface area contributed by atoms with Gasteiger partial charge in [-0.2, -0.15) is 0 Å². The Morgan fingerprint density at radius 3 is 2.68 bits per heavy atom.